The first-order valence-corrected chi connectivity index (χ1v) is 9.07. The van der Waals surface area contributed by atoms with Crippen LogP contribution in [0.1, 0.15) is 23.9 Å². The molecule has 1 unspecified atom stereocenters. The van der Waals surface area contributed by atoms with Crippen LogP contribution in [0.2, 0.25) is 0 Å². The minimum Gasteiger partial charge on any atom is -0.376 e. The van der Waals surface area contributed by atoms with Gasteiger partial charge in [0.05, 0.1) is 22.8 Å². The van der Waals surface area contributed by atoms with Gasteiger partial charge in [0, 0.05) is 12.2 Å². The number of benzene rings is 2. The Kier molecular flexibility index (Phi) is 4.17. The molecule has 3 aromatic rings. The summed E-state index contributed by atoms with van der Waals surface area (Å²) in [6, 6.07) is 18.1. The number of hydrogen-bond donors (Lipinski definition) is 1. The summed E-state index contributed by atoms with van der Waals surface area (Å²) >= 11 is 1.70. The molecule has 24 heavy (non-hydrogen) atoms. The van der Waals surface area contributed by atoms with Gasteiger partial charge in [-0.15, -0.1) is 11.3 Å². The minimum absolute atomic E-state index is 0.118. The van der Waals surface area contributed by atoms with Crippen molar-refractivity contribution in [3.05, 3.63) is 59.6 Å². The zero-order chi connectivity index (χ0) is 16.4. The van der Waals surface area contributed by atoms with Crippen molar-refractivity contribution in [2.45, 2.75) is 18.9 Å². The summed E-state index contributed by atoms with van der Waals surface area (Å²) in [7, 11) is 0. The molecular formula is C19H19N3OS. The lowest BCUT2D eigenvalue weighted by atomic mass is 10.2. The number of carbonyl (C=O) groups excluding carboxylic acids is 1. The molecule has 0 spiro atoms. The van der Waals surface area contributed by atoms with Gasteiger partial charge in [0.15, 0.2) is 0 Å². The van der Waals surface area contributed by atoms with E-state index in [1.54, 1.807) is 11.3 Å². The summed E-state index contributed by atoms with van der Waals surface area (Å²) in [4.78, 5) is 19.4. The molecule has 1 aliphatic rings. The Morgan fingerprint density at radius 1 is 1.17 bits per heavy atom. The number of hydrogen-bond acceptors (Lipinski definition) is 4. The zero-order valence-electron chi connectivity index (χ0n) is 13.3. The molecule has 1 fully saturated rings. The third-order valence-corrected chi connectivity index (χ3v) is 5.52. The maximum Gasteiger partial charge on any atom is 0.242 e. The second-order valence-electron chi connectivity index (χ2n) is 5.98. The van der Waals surface area contributed by atoms with Gasteiger partial charge in [-0.3, -0.25) is 4.79 Å². The van der Waals surface area contributed by atoms with Gasteiger partial charge in [0.25, 0.3) is 0 Å². The number of anilines is 1. The van der Waals surface area contributed by atoms with Crippen LogP contribution in [0.5, 0.6) is 0 Å². The highest BCUT2D eigenvalue weighted by molar-refractivity contribution is 7.18. The number of para-hydroxylation sites is 2. The van der Waals surface area contributed by atoms with Crippen molar-refractivity contribution >= 4 is 33.1 Å². The Balaban J connectivity index is 1.48. The summed E-state index contributed by atoms with van der Waals surface area (Å²) in [6.07, 6.45) is 2.04. The fraction of sp³-hybridized carbons (Fsp3) is 0.263. The molecule has 1 amide bonds. The number of thiazole rings is 1. The van der Waals surface area contributed by atoms with E-state index in [2.05, 4.69) is 11.4 Å². The van der Waals surface area contributed by atoms with E-state index in [1.165, 1.54) is 4.70 Å². The molecule has 2 aromatic carbocycles. The van der Waals surface area contributed by atoms with Crippen LogP contribution in [0, 0.1) is 0 Å². The fourth-order valence-corrected chi connectivity index (χ4v) is 4.31. The lowest BCUT2D eigenvalue weighted by Crippen LogP contribution is -2.35. The molecule has 1 N–H and O–H groups in total. The Morgan fingerprint density at radius 2 is 1.96 bits per heavy atom. The molecule has 0 aliphatic carbocycles. The van der Waals surface area contributed by atoms with Gasteiger partial charge in [-0.2, -0.15) is 0 Å². The van der Waals surface area contributed by atoms with Crippen molar-refractivity contribution < 1.29 is 4.79 Å². The van der Waals surface area contributed by atoms with Gasteiger partial charge in [0.2, 0.25) is 5.91 Å². The van der Waals surface area contributed by atoms with E-state index < -0.39 is 0 Å². The molecule has 4 rings (SSSR count). The van der Waals surface area contributed by atoms with Crippen molar-refractivity contribution in [1.29, 1.82) is 0 Å². The highest BCUT2D eigenvalue weighted by Crippen LogP contribution is 2.36. The molecule has 0 saturated carbocycles. The van der Waals surface area contributed by atoms with Crippen LogP contribution in [0.15, 0.2) is 54.6 Å². The number of fused-ring (bicyclic) bond motifs is 1. The van der Waals surface area contributed by atoms with E-state index in [1.807, 2.05) is 53.4 Å². The second-order valence-corrected chi connectivity index (χ2v) is 7.05. The van der Waals surface area contributed by atoms with Crippen LogP contribution in [0.4, 0.5) is 5.69 Å². The van der Waals surface area contributed by atoms with Gasteiger partial charge in [-0.05, 0) is 37.1 Å². The van der Waals surface area contributed by atoms with Crippen molar-refractivity contribution in [3.63, 3.8) is 0 Å². The Bertz CT molecular complexity index is 813. The monoisotopic (exact) mass is 337 g/mol. The number of rotatable bonds is 4. The highest BCUT2D eigenvalue weighted by atomic mass is 32.1. The predicted octanol–water partition coefficient (Wildman–Crippen LogP) is 4.07. The molecule has 122 valence electrons. The molecule has 0 bridgehead atoms. The first-order valence-electron chi connectivity index (χ1n) is 8.25. The van der Waals surface area contributed by atoms with E-state index in [4.69, 9.17) is 4.98 Å². The molecule has 1 saturated heterocycles. The minimum atomic E-state index is 0.118. The van der Waals surface area contributed by atoms with Crippen LogP contribution < -0.4 is 5.32 Å². The number of amides is 1. The van der Waals surface area contributed by atoms with Crippen LogP contribution in [-0.4, -0.2) is 28.9 Å². The van der Waals surface area contributed by atoms with E-state index in [0.29, 0.717) is 6.54 Å². The Labute approximate surface area is 145 Å². The fourth-order valence-electron chi connectivity index (χ4n) is 3.19. The number of likely N-dealkylation sites (tertiary alicyclic amines) is 1. The number of carbonyl (C=O) groups is 1. The number of nitrogens with zero attached hydrogens (tertiary/aromatic N) is 2. The van der Waals surface area contributed by atoms with Gasteiger partial charge in [0.1, 0.15) is 5.01 Å². The van der Waals surface area contributed by atoms with E-state index in [0.717, 1.165) is 35.6 Å². The topological polar surface area (TPSA) is 45.2 Å². The van der Waals surface area contributed by atoms with Crippen molar-refractivity contribution in [1.82, 2.24) is 9.88 Å². The molecule has 2 heterocycles. The third-order valence-electron chi connectivity index (χ3n) is 4.39. The molecule has 1 aromatic heterocycles. The van der Waals surface area contributed by atoms with E-state index in [-0.39, 0.29) is 11.9 Å². The maximum atomic E-state index is 12.7. The Morgan fingerprint density at radius 3 is 2.79 bits per heavy atom. The van der Waals surface area contributed by atoms with Gasteiger partial charge in [-0.1, -0.05) is 30.3 Å². The molecule has 0 radical (unpaired) electrons. The van der Waals surface area contributed by atoms with Gasteiger partial charge < -0.3 is 10.2 Å². The summed E-state index contributed by atoms with van der Waals surface area (Å²) in [5.74, 6) is 0.139. The first-order chi connectivity index (χ1) is 11.8. The summed E-state index contributed by atoms with van der Waals surface area (Å²) in [5, 5.41) is 4.27. The quantitative estimate of drug-likeness (QED) is 0.780. The summed E-state index contributed by atoms with van der Waals surface area (Å²) < 4.78 is 1.19. The second kappa shape index (κ2) is 6.61. The van der Waals surface area contributed by atoms with Crippen molar-refractivity contribution in [3.8, 4) is 0 Å². The normalized spacial score (nSPS) is 17.3. The van der Waals surface area contributed by atoms with Crippen LogP contribution in [0.3, 0.4) is 0 Å². The summed E-state index contributed by atoms with van der Waals surface area (Å²) in [6.45, 7) is 1.14. The average Bonchev–Trinajstić information content (AvgIpc) is 3.26. The van der Waals surface area contributed by atoms with Crippen LogP contribution >= 0.6 is 11.3 Å². The third kappa shape index (κ3) is 2.99. The maximum absolute atomic E-state index is 12.7. The van der Waals surface area contributed by atoms with E-state index in [9.17, 15) is 4.79 Å². The van der Waals surface area contributed by atoms with E-state index >= 15 is 0 Å². The predicted molar refractivity (Wildman–Crippen MR) is 98.2 cm³/mol. The lowest BCUT2D eigenvalue weighted by molar-refractivity contribution is -0.130. The molecule has 5 heteroatoms. The van der Waals surface area contributed by atoms with Gasteiger partial charge >= 0.3 is 0 Å². The standard InChI is InChI=1S/C19H19N3OS/c23-18(13-20-14-7-2-1-3-8-14)22-12-6-10-16(22)19-21-15-9-4-5-11-17(15)24-19/h1-5,7-9,11,16,20H,6,10,12-13H2. The van der Waals surface area contributed by atoms with Crippen LogP contribution in [-0.2, 0) is 4.79 Å². The molecular weight excluding hydrogens is 318 g/mol. The lowest BCUT2D eigenvalue weighted by Gasteiger charge is -2.23. The smallest absolute Gasteiger partial charge is 0.242 e. The van der Waals surface area contributed by atoms with Crippen molar-refractivity contribution in [2.75, 3.05) is 18.4 Å². The molecule has 1 aliphatic heterocycles. The van der Waals surface area contributed by atoms with Gasteiger partial charge in [-0.25, -0.2) is 4.98 Å². The number of nitrogens with one attached hydrogen (secondary N) is 1. The first kappa shape index (κ1) is 15.1. The van der Waals surface area contributed by atoms with Crippen molar-refractivity contribution in [2.24, 2.45) is 0 Å². The summed E-state index contributed by atoms with van der Waals surface area (Å²) in [5.41, 5.74) is 2.00. The molecule has 1 atom stereocenters. The SMILES string of the molecule is O=C(CNc1ccccc1)N1CCCC1c1nc2ccccc2s1. The zero-order valence-corrected chi connectivity index (χ0v) is 14.1. The Hall–Kier alpha value is -2.40. The highest BCUT2D eigenvalue weighted by Gasteiger charge is 2.31. The largest absolute Gasteiger partial charge is 0.376 e. The average molecular weight is 337 g/mol. The number of aromatic nitrogens is 1. The molecule has 4 nitrogen and oxygen atoms in total. The van der Waals surface area contributed by atoms with Crippen LogP contribution in [0.25, 0.3) is 10.2 Å².